The molecule has 1 aromatic rings. The molecule has 8 heteroatoms. The molecule has 19 heavy (non-hydrogen) atoms. The lowest BCUT2D eigenvalue weighted by molar-refractivity contribution is 0.0320. The standard InChI is InChI=1S/C11H18ClNO4S2/c1-8-4-11(18-10(8)5-12)19(14,15)13-6-9(17-3)7-16-2/h4,9,13H,5-7H2,1-3H3. The van der Waals surface area contributed by atoms with Crippen LogP contribution in [0.5, 0.6) is 0 Å². The summed E-state index contributed by atoms with van der Waals surface area (Å²) < 4.78 is 37.0. The molecule has 1 heterocycles. The third-order valence-corrected chi connectivity index (χ3v) is 6.13. The first-order chi connectivity index (χ1) is 8.94. The molecule has 0 amide bonds. The minimum absolute atomic E-state index is 0.166. The third kappa shape index (κ3) is 4.70. The summed E-state index contributed by atoms with van der Waals surface area (Å²) in [7, 11) is -0.471. The van der Waals surface area contributed by atoms with E-state index in [1.807, 2.05) is 6.92 Å². The molecule has 1 unspecified atom stereocenters. The number of rotatable bonds is 8. The van der Waals surface area contributed by atoms with Crippen LogP contribution in [-0.2, 0) is 25.4 Å². The second-order valence-corrected chi connectivity index (χ2v) is 7.37. The predicted molar refractivity (Wildman–Crippen MR) is 76.5 cm³/mol. The first kappa shape index (κ1) is 16.9. The summed E-state index contributed by atoms with van der Waals surface area (Å²) in [5.74, 6) is 0.316. The van der Waals surface area contributed by atoms with Crippen molar-refractivity contribution < 1.29 is 17.9 Å². The van der Waals surface area contributed by atoms with Crippen molar-refractivity contribution in [3.05, 3.63) is 16.5 Å². The van der Waals surface area contributed by atoms with Crippen LogP contribution in [0.1, 0.15) is 10.4 Å². The second kappa shape index (κ2) is 7.56. The van der Waals surface area contributed by atoms with Crippen LogP contribution in [0.25, 0.3) is 0 Å². The van der Waals surface area contributed by atoms with E-state index in [0.29, 0.717) is 12.5 Å². The summed E-state index contributed by atoms with van der Waals surface area (Å²) in [5, 5.41) is 0. The van der Waals surface area contributed by atoms with Gasteiger partial charge >= 0.3 is 0 Å². The highest BCUT2D eigenvalue weighted by atomic mass is 35.5. The van der Waals surface area contributed by atoms with Gasteiger partial charge in [0, 0.05) is 25.6 Å². The summed E-state index contributed by atoms with van der Waals surface area (Å²) in [6, 6.07) is 1.63. The average Bonchev–Trinajstić information content (AvgIpc) is 2.76. The molecule has 0 bridgehead atoms. The SMILES string of the molecule is COCC(CNS(=O)(=O)c1cc(C)c(CCl)s1)OC. The molecule has 110 valence electrons. The van der Waals surface area contributed by atoms with Crippen molar-refractivity contribution in [3.63, 3.8) is 0 Å². The number of methoxy groups -OCH3 is 2. The van der Waals surface area contributed by atoms with Gasteiger partial charge in [0.25, 0.3) is 0 Å². The first-order valence-electron chi connectivity index (χ1n) is 5.61. The highest BCUT2D eigenvalue weighted by Crippen LogP contribution is 2.27. The Balaban J connectivity index is 2.75. The van der Waals surface area contributed by atoms with Crippen LogP contribution >= 0.6 is 22.9 Å². The van der Waals surface area contributed by atoms with Gasteiger partial charge in [-0.15, -0.1) is 22.9 Å². The van der Waals surface area contributed by atoms with Crippen molar-refractivity contribution in [3.8, 4) is 0 Å². The molecule has 0 spiro atoms. The van der Waals surface area contributed by atoms with Gasteiger partial charge < -0.3 is 9.47 Å². The van der Waals surface area contributed by atoms with Crippen molar-refractivity contribution in [2.45, 2.75) is 23.1 Å². The zero-order valence-corrected chi connectivity index (χ0v) is 13.5. The second-order valence-electron chi connectivity index (χ2n) is 3.97. The van der Waals surface area contributed by atoms with E-state index in [-0.39, 0.29) is 16.9 Å². The predicted octanol–water partition coefficient (Wildman–Crippen LogP) is 1.74. The molecular formula is C11H18ClNO4S2. The van der Waals surface area contributed by atoms with Crippen molar-refractivity contribution in [1.29, 1.82) is 0 Å². The number of alkyl halides is 1. The fourth-order valence-electron chi connectivity index (χ4n) is 1.42. The lowest BCUT2D eigenvalue weighted by atomic mass is 10.3. The van der Waals surface area contributed by atoms with Gasteiger partial charge in [-0.2, -0.15) is 0 Å². The van der Waals surface area contributed by atoms with Crippen LogP contribution in [0.15, 0.2) is 10.3 Å². The number of hydrogen-bond acceptors (Lipinski definition) is 5. The Hall–Kier alpha value is -0.180. The molecule has 0 aliphatic carbocycles. The van der Waals surface area contributed by atoms with Crippen LogP contribution in [0.2, 0.25) is 0 Å². The molecule has 0 aromatic carbocycles. The lowest BCUT2D eigenvalue weighted by Crippen LogP contribution is -2.35. The summed E-state index contributed by atoms with van der Waals surface area (Å²) in [5.41, 5.74) is 0.889. The first-order valence-corrected chi connectivity index (χ1v) is 8.44. The van der Waals surface area contributed by atoms with E-state index in [4.69, 9.17) is 21.1 Å². The largest absolute Gasteiger partial charge is 0.382 e. The highest BCUT2D eigenvalue weighted by molar-refractivity contribution is 7.91. The van der Waals surface area contributed by atoms with E-state index in [2.05, 4.69) is 4.72 Å². The van der Waals surface area contributed by atoms with E-state index in [0.717, 1.165) is 10.4 Å². The Morgan fingerprint density at radius 2 is 2.16 bits per heavy atom. The van der Waals surface area contributed by atoms with Crippen LogP contribution in [-0.4, -0.2) is 41.9 Å². The smallest absolute Gasteiger partial charge is 0.250 e. The Morgan fingerprint density at radius 1 is 1.47 bits per heavy atom. The van der Waals surface area contributed by atoms with Crippen molar-refractivity contribution in [2.75, 3.05) is 27.4 Å². The number of ether oxygens (including phenoxy) is 2. The molecule has 0 saturated heterocycles. The van der Waals surface area contributed by atoms with Gasteiger partial charge in [0.2, 0.25) is 10.0 Å². The summed E-state index contributed by atoms with van der Waals surface area (Å²) >= 11 is 6.93. The van der Waals surface area contributed by atoms with E-state index in [1.165, 1.54) is 25.6 Å². The summed E-state index contributed by atoms with van der Waals surface area (Å²) in [6.07, 6.45) is -0.312. The molecule has 0 saturated carbocycles. The minimum atomic E-state index is -3.52. The van der Waals surface area contributed by atoms with Gasteiger partial charge in [-0.05, 0) is 18.6 Å². The van der Waals surface area contributed by atoms with Gasteiger partial charge in [0.15, 0.2) is 0 Å². The van der Waals surface area contributed by atoms with Gasteiger partial charge in [-0.1, -0.05) is 0 Å². The number of halogens is 1. The molecular weight excluding hydrogens is 310 g/mol. The monoisotopic (exact) mass is 327 g/mol. The quantitative estimate of drug-likeness (QED) is 0.739. The molecule has 1 N–H and O–H groups in total. The van der Waals surface area contributed by atoms with Crippen molar-refractivity contribution in [2.24, 2.45) is 0 Å². The van der Waals surface area contributed by atoms with Crippen LogP contribution in [0.4, 0.5) is 0 Å². The number of hydrogen-bond donors (Lipinski definition) is 1. The molecule has 1 atom stereocenters. The van der Waals surface area contributed by atoms with E-state index in [1.54, 1.807) is 6.07 Å². The Bertz CT molecular complexity index is 501. The van der Waals surface area contributed by atoms with Crippen LogP contribution in [0.3, 0.4) is 0 Å². The molecule has 1 rings (SSSR count). The van der Waals surface area contributed by atoms with Gasteiger partial charge in [0.1, 0.15) is 4.21 Å². The minimum Gasteiger partial charge on any atom is -0.382 e. The third-order valence-electron chi connectivity index (χ3n) is 2.57. The Morgan fingerprint density at radius 3 is 2.63 bits per heavy atom. The average molecular weight is 328 g/mol. The van der Waals surface area contributed by atoms with Crippen LogP contribution < -0.4 is 4.72 Å². The zero-order chi connectivity index (χ0) is 14.5. The molecule has 0 aliphatic rings. The highest BCUT2D eigenvalue weighted by Gasteiger charge is 2.20. The summed E-state index contributed by atoms with van der Waals surface area (Å²) in [4.78, 5) is 0.863. The van der Waals surface area contributed by atoms with E-state index >= 15 is 0 Å². The van der Waals surface area contributed by atoms with E-state index < -0.39 is 10.0 Å². The van der Waals surface area contributed by atoms with Crippen molar-refractivity contribution >= 4 is 33.0 Å². The molecule has 0 radical (unpaired) electrons. The van der Waals surface area contributed by atoms with Gasteiger partial charge in [-0.3, -0.25) is 0 Å². The number of sulfonamides is 1. The molecule has 0 aliphatic heterocycles. The normalized spacial score (nSPS) is 13.7. The van der Waals surface area contributed by atoms with E-state index in [9.17, 15) is 8.42 Å². The number of aryl methyl sites for hydroxylation is 1. The molecule has 5 nitrogen and oxygen atoms in total. The number of thiophene rings is 1. The Labute approximate surface area is 122 Å². The van der Waals surface area contributed by atoms with Gasteiger partial charge in [-0.25, -0.2) is 13.1 Å². The van der Waals surface area contributed by atoms with Gasteiger partial charge in [0.05, 0.1) is 18.6 Å². The lowest BCUT2D eigenvalue weighted by Gasteiger charge is -2.14. The maximum absolute atomic E-state index is 12.1. The fraction of sp³-hybridized carbons (Fsp3) is 0.636. The zero-order valence-electron chi connectivity index (χ0n) is 11.1. The molecule has 1 aromatic heterocycles. The Kier molecular flexibility index (Phi) is 6.72. The summed E-state index contributed by atoms with van der Waals surface area (Å²) in [6.45, 7) is 2.34. The topological polar surface area (TPSA) is 64.6 Å². The molecule has 0 fully saturated rings. The van der Waals surface area contributed by atoms with Crippen LogP contribution in [0, 0.1) is 6.92 Å². The maximum atomic E-state index is 12.1. The fourth-order valence-corrected chi connectivity index (χ4v) is 4.35. The number of nitrogens with one attached hydrogen (secondary N) is 1. The van der Waals surface area contributed by atoms with Crippen molar-refractivity contribution in [1.82, 2.24) is 4.72 Å². The maximum Gasteiger partial charge on any atom is 0.250 e.